The van der Waals surface area contributed by atoms with Gasteiger partial charge in [-0.25, -0.2) is 0 Å². The fourth-order valence-electron chi connectivity index (χ4n) is 0.250. The molecule has 1 atom stereocenters. The quantitative estimate of drug-likeness (QED) is 0.341. The summed E-state index contributed by atoms with van der Waals surface area (Å²) in [7, 11) is 0. The van der Waals surface area contributed by atoms with Crippen LogP contribution >= 0.6 is 0 Å². The van der Waals surface area contributed by atoms with Gasteiger partial charge in [0.1, 0.15) is 5.60 Å². The molecule has 4 nitrogen and oxygen atoms in total. The Morgan fingerprint density at radius 1 is 1.33 bits per heavy atom. The molecule has 0 amide bonds. The third-order valence-electron chi connectivity index (χ3n) is 1.37. The smallest absolute Gasteiger partial charge is 0.154 e. The standard InChI is InChI=1S/C5H14N2O2/c1-4(2,8)5(7,9)3-6/h8-9H,3,6-7H2,1-2H3. The first-order chi connectivity index (χ1) is 3.81. The summed E-state index contributed by atoms with van der Waals surface area (Å²) in [6, 6.07) is 0. The first-order valence-corrected chi connectivity index (χ1v) is 2.75. The number of hydrogen-bond donors (Lipinski definition) is 4. The fraction of sp³-hybridized carbons (Fsp3) is 1.00. The summed E-state index contributed by atoms with van der Waals surface area (Å²) in [5.74, 6) is 0. The van der Waals surface area contributed by atoms with Gasteiger partial charge in [-0.2, -0.15) is 0 Å². The van der Waals surface area contributed by atoms with E-state index in [0.717, 1.165) is 0 Å². The Labute approximate surface area is 54.5 Å². The number of rotatable bonds is 2. The van der Waals surface area contributed by atoms with Crippen LogP contribution in [0.25, 0.3) is 0 Å². The zero-order chi connectivity index (χ0) is 7.71. The lowest BCUT2D eigenvalue weighted by Crippen LogP contribution is -2.61. The second-order valence-electron chi connectivity index (χ2n) is 2.69. The van der Waals surface area contributed by atoms with Crippen molar-refractivity contribution in [1.29, 1.82) is 0 Å². The molecule has 4 heteroatoms. The highest BCUT2D eigenvalue weighted by atomic mass is 16.4. The van der Waals surface area contributed by atoms with E-state index in [9.17, 15) is 0 Å². The summed E-state index contributed by atoms with van der Waals surface area (Å²) in [5.41, 5.74) is 7.20. The van der Waals surface area contributed by atoms with Gasteiger partial charge in [-0.3, -0.25) is 0 Å². The van der Waals surface area contributed by atoms with Crippen molar-refractivity contribution < 1.29 is 10.2 Å². The maximum absolute atomic E-state index is 9.09. The Morgan fingerprint density at radius 3 is 1.67 bits per heavy atom. The third-order valence-corrected chi connectivity index (χ3v) is 1.37. The minimum atomic E-state index is -1.69. The number of aliphatic hydroxyl groups is 2. The minimum Gasteiger partial charge on any atom is -0.386 e. The summed E-state index contributed by atoms with van der Waals surface area (Å²) in [6.45, 7) is 2.65. The van der Waals surface area contributed by atoms with Crippen LogP contribution < -0.4 is 11.5 Å². The van der Waals surface area contributed by atoms with Crippen LogP contribution in [0.4, 0.5) is 0 Å². The van der Waals surface area contributed by atoms with E-state index in [2.05, 4.69) is 0 Å². The van der Waals surface area contributed by atoms with E-state index in [-0.39, 0.29) is 6.54 Å². The average Bonchev–Trinajstić information content (AvgIpc) is 1.64. The maximum atomic E-state index is 9.09. The molecule has 9 heavy (non-hydrogen) atoms. The maximum Gasteiger partial charge on any atom is 0.154 e. The monoisotopic (exact) mass is 134 g/mol. The molecule has 0 fully saturated rings. The molecule has 0 aliphatic carbocycles. The van der Waals surface area contributed by atoms with Gasteiger partial charge in [0.25, 0.3) is 0 Å². The molecule has 0 radical (unpaired) electrons. The van der Waals surface area contributed by atoms with Crippen molar-refractivity contribution >= 4 is 0 Å². The molecule has 0 aliphatic heterocycles. The second-order valence-corrected chi connectivity index (χ2v) is 2.69. The SMILES string of the molecule is CC(C)(O)C(N)(O)CN. The van der Waals surface area contributed by atoms with Crippen molar-refractivity contribution in [1.82, 2.24) is 0 Å². The zero-order valence-electron chi connectivity index (χ0n) is 5.76. The molecule has 0 aromatic heterocycles. The van der Waals surface area contributed by atoms with Crippen molar-refractivity contribution in [3.8, 4) is 0 Å². The molecule has 1 unspecified atom stereocenters. The summed E-state index contributed by atoms with van der Waals surface area (Å²) >= 11 is 0. The predicted octanol–water partition coefficient (Wildman–Crippen LogP) is -1.64. The van der Waals surface area contributed by atoms with E-state index in [1.54, 1.807) is 0 Å². The van der Waals surface area contributed by atoms with Crippen LogP contribution in [0.1, 0.15) is 13.8 Å². The first kappa shape index (κ1) is 8.84. The lowest BCUT2D eigenvalue weighted by Gasteiger charge is -2.33. The summed E-state index contributed by atoms with van der Waals surface area (Å²) in [4.78, 5) is 0. The first-order valence-electron chi connectivity index (χ1n) is 2.75. The van der Waals surface area contributed by atoms with E-state index in [4.69, 9.17) is 21.7 Å². The molecule has 56 valence electrons. The largest absolute Gasteiger partial charge is 0.386 e. The van der Waals surface area contributed by atoms with Gasteiger partial charge in [0.2, 0.25) is 0 Å². The summed E-state index contributed by atoms with van der Waals surface area (Å²) < 4.78 is 0. The van der Waals surface area contributed by atoms with Crippen LogP contribution in [0.2, 0.25) is 0 Å². The molecule has 0 saturated heterocycles. The van der Waals surface area contributed by atoms with E-state index in [0.29, 0.717) is 0 Å². The van der Waals surface area contributed by atoms with Gasteiger partial charge in [-0.05, 0) is 13.8 Å². The van der Waals surface area contributed by atoms with Gasteiger partial charge in [0.05, 0.1) is 0 Å². The normalized spacial score (nSPS) is 19.3. The molecule has 0 heterocycles. The fourth-order valence-corrected chi connectivity index (χ4v) is 0.250. The third kappa shape index (κ3) is 1.91. The van der Waals surface area contributed by atoms with Crippen LogP contribution in [-0.4, -0.2) is 28.1 Å². The minimum absolute atomic E-state index is 0.156. The van der Waals surface area contributed by atoms with Crippen LogP contribution in [0.15, 0.2) is 0 Å². The van der Waals surface area contributed by atoms with Gasteiger partial charge in [0, 0.05) is 6.54 Å². The van der Waals surface area contributed by atoms with E-state index in [1.807, 2.05) is 0 Å². The molecule has 0 saturated carbocycles. The molecule has 6 N–H and O–H groups in total. The number of nitrogens with two attached hydrogens (primary N) is 2. The molecule has 0 aromatic carbocycles. The average molecular weight is 134 g/mol. The molecule has 0 aromatic rings. The Bertz CT molecular complexity index is 95.6. The van der Waals surface area contributed by atoms with Gasteiger partial charge < -0.3 is 21.7 Å². The van der Waals surface area contributed by atoms with Crippen molar-refractivity contribution in [2.75, 3.05) is 6.54 Å². The van der Waals surface area contributed by atoms with Gasteiger partial charge in [0.15, 0.2) is 5.72 Å². The van der Waals surface area contributed by atoms with Gasteiger partial charge in [-0.15, -0.1) is 0 Å². The Hall–Kier alpha value is -0.160. The van der Waals surface area contributed by atoms with Crippen LogP contribution in [0.5, 0.6) is 0 Å². The molecule has 0 spiro atoms. The topological polar surface area (TPSA) is 92.5 Å². The predicted molar refractivity (Wildman–Crippen MR) is 34.5 cm³/mol. The van der Waals surface area contributed by atoms with Crippen molar-refractivity contribution in [3.63, 3.8) is 0 Å². The van der Waals surface area contributed by atoms with Crippen molar-refractivity contribution in [3.05, 3.63) is 0 Å². The second kappa shape index (κ2) is 2.22. The van der Waals surface area contributed by atoms with Crippen molar-refractivity contribution in [2.24, 2.45) is 11.5 Å². The van der Waals surface area contributed by atoms with Crippen LogP contribution in [0, 0.1) is 0 Å². The molecular formula is C5H14N2O2. The summed E-state index contributed by atoms with van der Waals surface area (Å²) in [5, 5.41) is 18.2. The molecule has 0 rings (SSSR count). The van der Waals surface area contributed by atoms with E-state index >= 15 is 0 Å². The van der Waals surface area contributed by atoms with E-state index in [1.165, 1.54) is 13.8 Å². The number of hydrogen-bond acceptors (Lipinski definition) is 4. The highest BCUT2D eigenvalue weighted by molar-refractivity contribution is 4.88. The summed E-state index contributed by atoms with van der Waals surface area (Å²) in [6.07, 6.45) is 0. The van der Waals surface area contributed by atoms with Crippen LogP contribution in [0.3, 0.4) is 0 Å². The van der Waals surface area contributed by atoms with Gasteiger partial charge in [-0.1, -0.05) is 0 Å². The lowest BCUT2D eigenvalue weighted by atomic mass is 9.96. The zero-order valence-corrected chi connectivity index (χ0v) is 5.76. The molecular weight excluding hydrogens is 120 g/mol. The highest BCUT2D eigenvalue weighted by Gasteiger charge is 2.36. The lowest BCUT2D eigenvalue weighted by molar-refractivity contribution is -0.121. The Kier molecular flexibility index (Phi) is 2.19. The highest BCUT2D eigenvalue weighted by Crippen LogP contribution is 2.13. The molecule has 0 bridgehead atoms. The Morgan fingerprint density at radius 2 is 1.67 bits per heavy atom. The van der Waals surface area contributed by atoms with E-state index < -0.39 is 11.3 Å². The van der Waals surface area contributed by atoms with Crippen LogP contribution in [-0.2, 0) is 0 Å². The molecule has 0 aliphatic rings. The Balaban J connectivity index is 4.14. The van der Waals surface area contributed by atoms with Gasteiger partial charge >= 0.3 is 0 Å². The van der Waals surface area contributed by atoms with Crippen molar-refractivity contribution in [2.45, 2.75) is 25.2 Å².